The van der Waals surface area contributed by atoms with Crippen LogP contribution in [0.4, 0.5) is 0 Å². The number of nitrogens with one attached hydrogen (secondary N) is 1. The molecular formula is C45H63ClN2O7. The van der Waals surface area contributed by atoms with Gasteiger partial charge < -0.3 is 20.3 Å². The second kappa shape index (κ2) is 13.4. The van der Waals surface area contributed by atoms with E-state index < -0.39 is 34.7 Å². The van der Waals surface area contributed by atoms with Crippen molar-refractivity contribution in [1.82, 2.24) is 10.3 Å². The number of ketones is 1. The molecule has 0 bridgehead atoms. The Kier molecular flexibility index (Phi) is 9.84. The van der Waals surface area contributed by atoms with Gasteiger partial charge in [-0.3, -0.25) is 19.2 Å². The van der Waals surface area contributed by atoms with Gasteiger partial charge in [-0.15, -0.1) is 0 Å². The summed E-state index contributed by atoms with van der Waals surface area (Å²) in [4.78, 5) is 56.6. The van der Waals surface area contributed by atoms with E-state index in [4.69, 9.17) is 16.3 Å². The highest BCUT2D eigenvalue weighted by molar-refractivity contribution is 6.30. The van der Waals surface area contributed by atoms with E-state index in [1.807, 2.05) is 13.8 Å². The second-order valence-corrected chi connectivity index (χ2v) is 21.2. The molecule has 11 atom stereocenters. The fourth-order valence-corrected chi connectivity index (χ4v) is 14.3. The van der Waals surface area contributed by atoms with Gasteiger partial charge in [0.1, 0.15) is 11.8 Å². The number of ether oxygens (including phenoxy) is 1. The first-order valence-electron chi connectivity index (χ1n) is 20.8. The maximum atomic E-state index is 14.0. The summed E-state index contributed by atoms with van der Waals surface area (Å²) in [6.07, 6.45) is 8.32. The highest BCUT2D eigenvalue weighted by Gasteiger charge is 2.71. The number of amides is 1. The number of carbonyl (C=O) groups is 4. The van der Waals surface area contributed by atoms with Crippen molar-refractivity contribution in [2.24, 2.45) is 68.0 Å². The van der Waals surface area contributed by atoms with Crippen molar-refractivity contribution in [3.8, 4) is 0 Å². The van der Waals surface area contributed by atoms with Crippen molar-refractivity contribution < 1.29 is 34.1 Å². The Morgan fingerprint density at radius 1 is 0.909 bits per heavy atom. The molecule has 1 aromatic rings. The fraction of sp³-hybridized carbons (Fsp3) is 0.756. The molecule has 7 rings (SSSR count). The third kappa shape index (κ3) is 5.80. The molecule has 6 aliphatic carbocycles. The van der Waals surface area contributed by atoms with Gasteiger partial charge in [-0.25, -0.2) is 4.98 Å². The molecule has 0 unspecified atom stereocenters. The van der Waals surface area contributed by atoms with Crippen molar-refractivity contribution in [2.75, 3.05) is 6.54 Å². The summed E-state index contributed by atoms with van der Waals surface area (Å²) < 4.78 is 6.40. The number of aromatic nitrogens is 1. The van der Waals surface area contributed by atoms with E-state index in [2.05, 4.69) is 58.8 Å². The highest BCUT2D eigenvalue weighted by atomic mass is 35.5. The molecule has 1 heterocycles. The number of fused-ring (bicyclic) bond motifs is 7. The number of carboxylic acid groups (broad SMARTS) is 1. The Morgan fingerprint density at radius 2 is 1.62 bits per heavy atom. The lowest BCUT2D eigenvalue weighted by atomic mass is 9.33. The lowest BCUT2D eigenvalue weighted by molar-refractivity contribution is -0.238. The van der Waals surface area contributed by atoms with Crippen LogP contribution in [0.5, 0.6) is 0 Å². The van der Waals surface area contributed by atoms with Crippen LogP contribution >= 0.6 is 11.6 Å². The number of halogens is 1. The van der Waals surface area contributed by atoms with Crippen molar-refractivity contribution >= 4 is 35.2 Å². The molecule has 6 aliphatic rings. The van der Waals surface area contributed by atoms with Gasteiger partial charge in [-0.2, -0.15) is 0 Å². The van der Waals surface area contributed by atoms with Crippen LogP contribution < -0.4 is 5.32 Å². The topological polar surface area (TPSA) is 143 Å². The molecule has 0 saturated heterocycles. The summed E-state index contributed by atoms with van der Waals surface area (Å²) in [5.41, 5.74) is 0.653. The molecule has 9 nitrogen and oxygen atoms in total. The standard InChI is InChI=1S/C45H63ClN2O7/c1-24(2)35-30(49)21-45(33(50)23-48-37(51)29-12-10-25(46)22-47-29)19-18-43(8)26(36(35)45)11-13-32-42(7)16-15-34(41(5,6)31(42)14-17-44(32,43)9)55-39(54)28-20-27(38(52)53)40(28,3)4/h10,12,22,24,26-28,31-34,50H,11,13-21,23H2,1-9H3,(H,48,51)(H,52,53)/t26-,27+,28-,31+,32-,33+,34+,42+,43-,44-,45+/m1/s1. The Bertz CT molecular complexity index is 1800. The number of Topliss-reactive ketones (excluding diaryl/α,β-unsaturated/α-hetero) is 1. The zero-order chi connectivity index (χ0) is 40.3. The van der Waals surface area contributed by atoms with Crippen LogP contribution in [0.1, 0.15) is 137 Å². The maximum Gasteiger partial charge on any atom is 0.309 e. The molecule has 10 heteroatoms. The number of rotatable bonds is 8. The Morgan fingerprint density at radius 3 is 2.24 bits per heavy atom. The smallest absolute Gasteiger partial charge is 0.309 e. The number of nitrogens with zero attached hydrogens (tertiary/aromatic N) is 1. The maximum absolute atomic E-state index is 14.0. The molecule has 3 N–H and O–H groups in total. The van der Waals surface area contributed by atoms with E-state index >= 15 is 0 Å². The number of aliphatic hydroxyl groups excluding tert-OH is 1. The Labute approximate surface area is 332 Å². The average molecular weight is 779 g/mol. The van der Waals surface area contributed by atoms with Gasteiger partial charge in [-0.05, 0) is 121 Å². The number of hydrogen-bond donors (Lipinski definition) is 3. The van der Waals surface area contributed by atoms with Crippen LogP contribution in [0.3, 0.4) is 0 Å². The molecule has 1 aromatic heterocycles. The summed E-state index contributed by atoms with van der Waals surface area (Å²) in [5, 5.41) is 25.1. The molecule has 0 aliphatic heterocycles. The van der Waals surface area contributed by atoms with E-state index in [9.17, 15) is 29.4 Å². The van der Waals surface area contributed by atoms with Gasteiger partial charge in [0, 0.05) is 30.0 Å². The normalized spacial score (nSPS) is 40.5. The highest BCUT2D eigenvalue weighted by Crippen LogP contribution is 2.77. The largest absolute Gasteiger partial charge is 0.481 e. The van der Waals surface area contributed by atoms with Crippen molar-refractivity contribution in [3.05, 3.63) is 40.2 Å². The first kappa shape index (κ1) is 40.4. The van der Waals surface area contributed by atoms with Crippen LogP contribution in [-0.2, 0) is 19.1 Å². The van der Waals surface area contributed by atoms with Gasteiger partial charge in [0.2, 0.25) is 0 Å². The third-order valence-electron chi connectivity index (χ3n) is 17.6. The molecule has 5 saturated carbocycles. The minimum absolute atomic E-state index is 0.00509. The van der Waals surface area contributed by atoms with Crippen LogP contribution in [0, 0.1) is 68.0 Å². The minimum atomic E-state index is -0.915. The third-order valence-corrected chi connectivity index (χ3v) is 17.8. The van der Waals surface area contributed by atoms with Gasteiger partial charge in [0.05, 0.1) is 23.0 Å². The summed E-state index contributed by atoms with van der Waals surface area (Å²) in [7, 11) is 0. The predicted molar refractivity (Wildman–Crippen MR) is 210 cm³/mol. The minimum Gasteiger partial charge on any atom is -0.481 e. The summed E-state index contributed by atoms with van der Waals surface area (Å²) in [6.45, 7) is 20.1. The summed E-state index contributed by atoms with van der Waals surface area (Å²) in [5.74, 6) is -1.27. The van der Waals surface area contributed by atoms with Crippen molar-refractivity contribution in [2.45, 2.75) is 139 Å². The van der Waals surface area contributed by atoms with Gasteiger partial charge >= 0.3 is 11.9 Å². The van der Waals surface area contributed by atoms with Crippen LogP contribution in [0.2, 0.25) is 5.02 Å². The lowest BCUT2D eigenvalue weighted by Crippen LogP contribution is -2.66. The molecule has 1 amide bonds. The number of carboxylic acids is 1. The van der Waals surface area contributed by atoms with E-state index in [1.54, 1.807) is 12.1 Å². The summed E-state index contributed by atoms with van der Waals surface area (Å²) in [6, 6.07) is 3.19. The van der Waals surface area contributed by atoms with Crippen molar-refractivity contribution in [3.63, 3.8) is 0 Å². The molecule has 0 radical (unpaired) electrons. The monoisotopic (exact) mass is 778 g/mol. The van der Waals surface area contributed by atoms with E-state index in [0.29, 0.717) is 29.7 Å². The second-order valence-electron chi connectivity index (χ2n) is 20.7. The van der Waals surface area contributed by atoms with Crippen LogP contribution in [-0.4, -0.2) is 57.6 Å². The van der Waals surface area contributed by atoms with Gasteiger partial charge in [-0.1, -0.05) is 79.5 Å². The zero-order valence-corrected chi connectivity index (χ0v) is 35.1. The quantitative estimate of drug-likeness (QED) is 0.223. The first-order chi connectivity index (χ1) is 25.6. The SMILES string of the molecule is CC(C)C1=C2[C@H]3CC[C@@H]4[C@@]5(C)CC[C@H](OC(=O)[C@H]6C[C@@H](C(=O)O)C6(C)C)C(C)(C)[C@@H]5CC[C@@]4(C)[C@]3(C)CC[C@@]2([C@@H](O)CNC(=O)c2ccc(Cl)cn2)CC1=O. The number of aliphatic hydroxyl groups is 1. The van der Waals surface area contributed by atoms with E-state index in [1.165, 1.54) is 11.8 Å². The zero-order valence-electron chi connectivity index (χ0n) is 34.4. The van der Waals surface area contributed by atoms with E-state index in [0.717, 1.165) is 50.5 Å². The number of aliphatic carboxylic acids is 1. The Balaban J connectivity index is 1.13. The summed E-state index contributed by atoms with van der Waals surface area (Å²) >= 11 is 5.99. The number of hydrogen-bond acceptors (Lipinski definition) is 7. The number of esters is 1. The van der Waals surface area contributed by atoms with Crippen LogP contribution in [0.25, 0.3) is 0 Å². The lowest BCUT2D eigenvalue weighted by Gasteiger charge is -2.72. The number of allylic oxidation sites excluding steroid dienone is 1. The fourth-order valence-electron chi connectivity index (χ4n) is 14.2. The van der Waals surface area contributed by atoms with Gasteiger partial charge in [0.25, 0.3) is 5.91 Å². The molecule has 0 spiro atoms. The average Bonchev–Trinajstić information content (AvgIpc) is 3.41. The van der Waals surface area contributed by atoms with Crippen molar-refractivity contribution in [1.29, 1.82) is 0 Å². The first-order valence-corrected chi connectivity index (χ1v) is 21.2. The number of carbonyl (C=O) groups excluding carboxylic acids is 3. The van der Waals surface area contributed by atoms with Gasteiger partial charge in [0.15, 0.2) is 5.78 Å². The van der Waals surface area contributed by atoms with Crippen LogP contribution in [0.15, 0.2) is 29.5 Å². The van der Waals surface area contributed by atoms with E-state index in [-0.39, 0.29) is 75.9 Å². The molecule has 0 aromatic carbocycles. The molecule has 302 valence electrons. The Hall–Kier alpha value is -2.78. The predicted octanol–water partition coefficient (Wildman–Crippen LogP) is 8.47. The molecular weight excluding hydrogens is 716 g/mol. The number of pyridine rings is 1. The molecule has 55 heavy (non-hydrogen) atoms. The molecule has 5 fully saturated rings.